The van der Waals surface area contributed by atoms with E-state index in [1.54, 1.807) is 16.8 Å². The molecule has 0 aliphatic rings. The average molecular weight is 264 g/mol. The maximum Gasteiger partial charge on any atom is 0.171 e. The minimum atomic E-state index is -0.937. The second-order valence-corrected chi connectivity index (χ2v) is 4.55. The van der Waals surface area contributed by atoms with Crippen molar-refractivity contribution < 1.29 is 14.2 Å². The number of nitrogens with zero attached hydrogens (tertiary/aromatic N) is 2. The lowest BCUT2D eigenvalue weighted by Gasteiger charge is -2.14. The van der Waals surface area contributed by atoms with Crippen molar-refractivity contribution in [3.8, 4) is 11.5 Å². The molecule has 0 saturated heterocycles. The zero-order valence-corrected chi connectivity index (χ0v) is 11.4. The average Bonchev–Trinajstić information content (AvgIpc) is 2.55. The van der Waals surface area contributed by atoms with Crippen LogP contribution in [0.15, 0.2) is 18.2 Å². The van der Waals surface area contributed by atoms with Gasteiger partial charge in [-0.3, -0.25) is 4.68 Å². The van der Waals surface area contributed by atoms with Gasteiger partial charge in [0.25, 0.3) is 0 Å². The summed E-state index contributed by atoms with van der Waals surface area (Å²) in [7, 11) is 1.82. The van der Waals surface area contributed by atoms with Crippen molar-refractivity contribution in [3.63, 3.8) is 0 Å². The summed E-state index contributed by atoms with van der Waals surface area (Å²) in [5.74, 6) is 0.427. The Balaban J connectivity index is 2.47. The third-order valence-corrected chi connectivity index (χ3v) is 3.09. The standard InChI is InChI=1S/C14H17FN2O2/c1-8-14(9(2)17(4)16-8)19-12-7-5-6-11(15)13(12)10(3)18/h5-7,10,18H,1-4H3/t10-/m0/s1. The van der Waals surface area contributed by atoms with Gasteiger partial charge < -0.3 is 9.84 Å². The molecule has 1 aromatic heterocycles. The van der Waals surface area contributed by atoms with E-state index in [2.05, 4.69) is 5.10 Å². The number of benzene rings is 1. The smallest absolute Gasteiger partial charge is 0.171 e. The second-order valence-electron chi connectivity index (χ2n) is 4.55. The molecule has 0 unspecified atom stereocenters. The number of aliphatic hydroxyl groups is 1. The number of hydrogen-bond donors (Lipinski definition) is 1. The van der Waals surface area contributed by atoms with E-state index < -0.39 is 11.9 Å². The number of aromatic nitrogens is 2. The van der Waals surface area contributed by atoms with Gasteiger partial charge in [0.1, 0.15) is 17.3 Å². The highest BCUT2D eigenvalue weighted by atomic mass is 19.1. The van der Waals surface area contributed by atoms with Crippen molar-refractivity contribution in [2.24, 2.45) is 7.05 Å². The first-order chi connectivity index (χ1) is 8.91. The number of aliphatic hydroxyl groups excluding tert-OH is 1. The second kappa shape index (κ2) is 5.01. The molecule has 0 saturated carbocycles. The van der Waals surface area contributed by atoms with Crippen LogP contribution in [0.4, 0.5) is 4.39 Å². The van der Waals surface area contributed by atoms with Crippen molar-refractivity contribution in [1.82, 2.24) is 9.78 Å². The van der Waals surface area contributed by atoms with Gasteiger partial charge in [-0.25, -0.2) is 4.39 Å². The number of ether oxygens (including phenoxy) is 1. The summed E-state index contributed by atoms with van der Waals surface area (Å²) in [6.07, 6.45) is -0.937. The minimum absolute atomic E-state index is 0.158. The Morgan fingerprint density at radius 1 is 1.37 bits per heavy atom. The molecule has 0 aliphatic heterocycles. The van der Waals surface area contributed by atoms with Crippen LogP contribution in [-0.4, -0.2) is 14.9 Å². The van der Waals surface area contributed by atoms with Gasteiger partial charge in [-0.2, -0.15) is 5.10 Å². The minimum Gasteiger partial charge on any atom is -0.453 e. The number of halogens is 1. The molecule has 5 heteroatoms. The first kappa shape index (κ1) is 13.5. The third-order valence-electron chi connectivity index (χ3n) is 3.09. The fraction of sp³-hybridized carbons (Fsp3) is 0.357. The summed E-state index contributed by atoms with van der Waals surface area (Å²) in [6, 6.07) is 4.49. The first-order valence-electron chi connectivity index (χ1n) is 6.06. The Morgan fingerprint density at radius 2 is 2.05 bits per heavy atom. The molecule has 0 amide bonds. The normalized spacial score (nSPS) is 12.5. The van der Waals surface area contributed by atoms with E-state index in [0.717, 1.165) is 11.4 Å². The van der Waals surface area contributed by atoms with Crippen molar-refractivity contribution >= 4 is 0 Å². The largest absolute Gasteiger partial charge is 0.453 e. The van der Waals surface area contributed by atoms with E-state index >= 15 is 0 Å². The highest BCUT2D eigenvalue weighted by molar-refractivity contribution is 5.42. The van der Waals surface area contributed by atoms with Gasteiger partial charge in [-0.15, -0.1) is 0 Å². The van der Waals surface area contributed by atoms with Crippen LogP contribution >= 0.6 is 0 Å². The Hall–Kier alpha value is -1.88. The zero-order chi connectivity index (χ0) is 14.2. The molecule has 1 N–H and O–H groups in total. The van der Waals surface area contributed by atoms with Gasteiger partial charge in [0.15, 0.2) is 5.75 Å². The molecule has 0 fully saturated rings. The Labute approximate surface area is 111 Å². The summed E-state index contributed by atoms with van der Waals surface area (Å²) in [5, 5.41) is 13.9. The van der Waals surface area contributed by atoms with Gasteiger partial charge in [0.05, 0.1) is 17.4 Å². The van der Waals surface area contributed by atoms with Crippen LogP contribution in [-0.2, 0) is 7.05 Å². The number of aryl methyl sites for hydroxylation is 2. The lowest BCUT2D eigenvalue weighted by atomic mass is 10.1. The van der Waals surface area contributed by atoms with Crippen molar-refractivity contribution in [2.45, 2.75) is 26.9 Å². The van der Waals surface area contributed by atoms with Crippen molar-refractivity contribution in [2.75, 3.05) is 0 Å². The van der Waals surface area contributed by atoms with Crippen LogP contribution < -0.4 is 4.74 Å². The number of rotatable bonds is 3. The van der Waals surface area contributed by atoms with Crippen molar-refractivity contribution in [3.05, 3.63) is 41.0 Å². The summed E-state index contributed by atoms with van der Waals surface area (Å²) in [6.45, 7) is 5.20. The van der Waals surface area contributed by atoms with Crippen LogP contribution in [0.2, 0.25) is 0 Å². The van der Waals surface area contributed by atoms with Gasteiger partial charge in [-0.05, 0) is 32.9 Å². The maximum absolute atomic E-state index is 13.7. The van der Waals surface area contributed by atoms with E-state index in [0.29, 0.717) is 11.5 Å². The monoisotopic (exact) mass is 264 g/mol. The predicted molar refractivity (Wildman–Crippen MR) is 69.8 cm³/mol. The SMILES string of the molecule is Cc1nn(C)c(C)c1Oc1cccc(F)c1[C@H](C)O. The molecule has 0 aliphatic carbocycles. The lowest BCUT2D eigenvalue weighted by molar-refractivity contribution is 0.190. The van der Waals surface area contributed by atoms with Gasteiger partial charge >= 0.3 is 0 Å². The fourth-order valence-electron chi connectivity index (χ4n) is 2.02. The molecule has 1 atom stereocenters. The fourth-order valence-corrected chi connectivity index (χ4v) is 2.02. The zero-order valence-electron chi connectivity index (χ0n) is 11.4. The molecule has 4 nitrogen and oxygen atoms in total. The molecule has 2 rings (SSSR count). The number of hydrogen-bond acceptors (Lipinski definition) is 3. The Kier molecular flexibility index (Phi) is 3.57. The van der Waals surface area contributed by atoms with E-state index in [1.807, 2.05) is 20.9 Å². The van der Waals surface area contributed by atoms with Crippen LogP contribution in [0.3, 0.4) is 0 Å². The van der Waals surface area contributed by atoms with Crippen LogP contribution in [0, 0.1) is 19.7 Å². The topological polar surface area (TPSA) is 47.3 Å². The molecule has 1 aromatic carbocycles. The Morgan fingerprint density at radius 3 is 2.58 bits per heavy atom. The quantitative estimate of drug-likeness (QED) is 0.927. The van der Waals surface area contributed by atoms with Gasteiger partial charge in [0, 0.05) is 7.05 Å². The van der Waals surface area contributed by atoms with Crippen LogP contribution in [0.25, 0.3) is 0 Å². The Bertz CT molecular complexity index is 606. The molecule has 0 radical (unpaired) electrons. The van der Waals surface area contributed by atoms with E-state index in [9.17, 15) is 9.50 Å². The summed E-state index contributed by atoms with van der Waals surface area (Å²) in [5.41, 5.74) is 1.73. The highest BCUT2D eigenvalue weighted by Crippen LogP contribution is 2.34. The lowest BCUT2D eigenvalue weighted by Crippen LogP contribution is -2.00. The summed E-state index contributed by atoms with van der Waals surface area (Å²) < 4.78 is 21.2. The molecular formula is C14H17FN2O2. The molecule has 1 heterocycles. The first-order valence-corrected chi connectivity index (χ1v) is 6.06. The third kappa shape index (κ3) is 2.46. The molecule has 19 heavy (non-hydrogen) atoms. The van der Waals surface area contributed by atoms with Crippen LogP contribution in [0.1, 0.15) is 30.0 Å². The van der Waals surface area contributed by atoms with E-state index in [1.165, 1.54) is 13.0 Å². The summed E-state index contributed by atoms with van der Waals surface area (Å²) in [4.78, 5) is 0. The van der Waals surface area contributed by atoms with Crippen LogP contribution in [0.5, 0.6) is 11.5 Å². The molecule has 0 spiro atoms. The molecule has 2 aromatic rings. The highest BCUT2D eigenvalue weighted by Gasteiger charge is 2.18. The van der Waals surface area contributed by atoms with Crippen molar-refractivity contribution in [1.29, 1.82) is 0 Å². The molecule has 102 valence electrons. The summed E-state index contributed by atoms with van der Waals surface area (Å²) >= 11 is 0. The van der Waals surface area contributed by atoms with E-state index in [4.69, 9.17) is 4.74 Å². The molecular weight excluding hydrogens is 247 g/mol. The predicted octanol–water partition coefficient (Wildman–Crippen LogP) is 3.02. The maximum atomic E-state index is 13.7. The van der Waals surface area contributed by atoms with E-state index in [-0.39, 0.29) is 5.56 Å². The van der Waals surface area contributed by atoms with Gasteiger partial charge in [0.2, 0.25) is 0 Å². The van der Waals surface area contributed by atoms with Gasteiger partial charge in [-0.1, -0.05) is 6.07 Å². The molecule has 0 bridgehead atoms.